The van der Waals surface area contributed by atoms with Gasteiger partial charge in [-0.05, 0) is 49.6 Å². The highest BCUT2D eigenvalue weighted by atomic mass is 35.5. The lowest BCUT2D eigenvalue weighted by molar-refractivity contribution is 0.490. The van der Waals surface area contributed by atoms with Crippen LogP contribution in [0.4, 0.5) is 11.4 Å². The van der Waals surface area contributed by atoms with E-state index >= 15 is 0 Å². The zero-order valence-corrected chi connectivity index (χ0v) is 16.3. The Balaban J connectivity index is 0.000000351. The molecule has 0 aliphatic heterocycles. The first-order chi connectivity index (χ1) is 10.8. The Hall–Kier alpha value is -1.47. The van der Waals surface area contributed by atoms with Crippen molar-refractivity contribution in [3.05, 3.63) is 57.1 Å². The van der Waals surface area contributed by atoms with Crippen molar-refractivity contribution in [2.45, 2.75) is 20.8 Å². The number of anilines is 2. The number of benzene rings is 2. The molecule has 0 aliphatic carbocycles. The summed E-state index contributed by atoms with van der Waals surface area (Å²) in [4.78, 5) is 0. The average molecular weight is 393 g/mol. The van der Waals surface area contributed by atoms with Crippen LogP contribution in [0.15, 0.2) is 30.3 Å². The molecule has 0 aliphatic rings. The van der Waals surface area contributed by atoms with Crippen molar-refractivity contribution in [2.24, 2.45) is 0 Å². The summed E-state index contributed by atoms with van der Waals surface area (Å²) < 4.78 is 25.9. The molecule has 0 atom stereocenters. The van der Waals surface area contributed by atoms with Gasteiger partial charge in [0.15, 0.2) is 0 Å². The fourth-order valence-electron chi connectivity index (χ4n) is 1.48. The Morgan fingerprint density at radius 2 is 1.38 bits per heavy atom. The third-order valence-corrected chi connectivity index (χ3v) is 3.86. The van der Waals surface area contributed by atoms with Crippen LogP contribution >= 0.6 is 23.2 Å². The minimum absolute atomic E-state index is 0.321. The summed E-state index contributed by atoms with van der Waals surface area (Å²) in [6.45, 7) is 6.44. The van der Waals surface area contributed by atoms with Crippen LogP contribution in [0.2, 0.25) is 10.0 Å². The second-order valence-electron chi connectivity index (χ2n) is 5.11. The molecular formula is C16H22Cl2N2O3S. The van der Waals surface area contributed by atoms with E-state index in [1.165, 1.54) is 16.7 Å². The number of rotatable bonds is 0. The van der Waals surface area contributed by atoms with Crippen LogP contribution < -0.4 is 11.5 Å². The third kappa shape index (κ3) is 8.98. The standard InChI is InChI=1S/C9H12.C6H6Cl2N2.CH4O3S/c1-7-5-4-6-8(2)9(7)3;7-3-1-2-4(9)6(10)5(3)8;1-5(2,3)4/h4-6H,1-3H3;1-2H,9-10H2;1H3,(H,2,3,4). The Morgan fingerprint density at radius 1 is 0.958 bits per heavy atom. The maximum atomic E-state index is 9.19. The van der Waals surface area contributed by atoms with Crippen molar-refractivity contribution in [3.8, 4) is 0 Å². The quantitative estimate of drug-likeness (QED) is 0.458. The summed E-state index contributed by atoms with van der Waals surface area (Å²) in [6, 6.07) is 9.60. The van der Waals surface area contributed by atoms with E-state index < -0.39 is 10.1 Å². The zero-order chi connectivity index (χ0) is 19.1. The molecule has 0 saturated heterocycles. The predicted molar refractivity (Wildman–Crippen MR) is 103 cm³/mol. The van der Waals surface area contributed by atoms with E-state index in [4.69, 9.17) is 39.2 Å². The van der Waals surface area contributed by atoms with Crippen LogP contribution in [0.25, 0.3) is 0 Å². The van der Waals surface area contributed by atoms with Gasteiger partial charge >= 0.3 is 0 Å². The Morgan fingerprint density at radius 3 is 1.71 bits per heavy atom. The second-order valence-corrected chi connectivity index (χ2v) is 7.37. The molecule has 0 radical (unpaired) electrons. The molecule has 0 spiro atoms. The summed E-state index contributed by atoms with van der Waals surface area (Å²) in [7, 11) is -3.67. The molecule has 0 aromatic heterocycles. The summed E-state index contributed by atoms with van der Waals surface area (Å²) in [6.07, 6.45) is 0.715. The van der Waals surface area contributed by atoms with Gasteiger partial charge in [0.1, 0.15) is 0 Å². The smallest absolute Gasteiger partial charge is 0.261 e. The normalized spacial score (nSPS) is 10.1. The first kappa shape index (κ1) is 22.5. The summed E-state index contributed by atoms with van der Waals surface area (Å²) in [5.41, 5.74) is 15.8. The largest absolute Gasteiger partial charge is 0.397 e. The lowest BCUT2D eigenvalue weighted by Crippen LogP contribution is -1.94. The van der Waals surface area contributed by atoms with Gasteiger partial charge in [-0.15, -0.1) is 0 Å². The molecule has 0 heterocycles. The molecule has 0 unspecified atom stereocenters. The molecule has 134 valence electrons. The minimum atomic E-state index is -3.67. The van der Waals surface area contributed by atoms with Gasteiger partial charge in [0.25, 0.3) is 10.1 Å². The van der Waals surface area contributed by atoms with Gasteiger partial charge in [-0.2, -0.15) is 8.42 Å². The van der Waals surface area contributed by atoms with Crippen LogP contribution in [0.3, 0.4) is 0 Å². The van der Waals surface area contributed by atoms with Crippen LogP contribution in [0.1, 0.15) is 16.7 Å². The zero-order valence-electron chi connectivity index (χ0n) is 14.0. The molecule has 8 heteroatoms. The second kappa shape index (κ2) is 9.74. The Bertz CT molecular complexity index is 739. The number of nitrogens with two attached hydrogens (primary N) is 2. The molecule has 0 saturated carbocycles. The number of nitrogen functional groups attached to an aromatic ring is 2. The van der Waals surface area contributed by atoms with E-state index in [-0.39, 0.29) is 0 Å². The van der Waals surface area contributed by atoms with Gasteiger partial charge in [0.2, 0.25) is 0 Å². The van der Waals surface area contributed by atoms with Gasteiger partial charge in [0.05, 0.1) is 27.7 Å². The maximum Gasteiger partial charge on any atom is 0.261 e. The molecule has 2 aromatic rings. The lowest BCUT2D eigenvalue weighted by atomic mass is 10.1. The number of halogens is 2. The van der Waals surface area contributed by atoms with Crippen LogP contribution in [-0.2, 0) is 10.1 Å². The third-order valence-electron chi connectivity index (χ3n) is 3.04. The van der Waals surface area contributed by atoms with E-state index in [1.54, 1.807) is 12.1 Å². The molecule has 0 fully saturated rings. The molecule has 2 rings (SSSR count). The first-order valence-corrected chi connectivity index (χ1v) is 9.39. The number of aryl methyl sites for hydroxylation is 2. The van der Waals surface area contributed by atoms with E-state index in [2.05, 4.69) is 39.0 Å². The summed E-state index contributed by atoms with van der Waals surface area (Å²) in [5.74, 6) is 0. The van der Waals surface area contributed by atoms with Crippen molar-refractivity contribution < 1.29 is 13.0 Å². The Labute approximate surface area is 153 Å². The van der Waals surface area contributed by atoms with Crippen LogP contribution in [0, 0.1) is 20.8 Å². The lowest BCUT2D eigenvalue weighted by Gasteiger charge is -2.02. The van der Waals surface area contributed by atoms with Crippen LogP contribution in [0.5, 0.6) is 0 Å². The number of hydrogen-bond acceptors (Lipinski definition) is 4. The highest BCUT2D eigenvalue weighted by Gasteiger charge is 2.03. The first-order valence-electron chi connectivity index (χ1n) is 6.78. The summed E-state index contributed by atoms with van der Waals surface area (Å²) in [5, 5.41) is 0.745. The predicted octanol–water partition coefficient (Wildman–Crippen LogP) is 4.27. The average Bonchev–Trinajstić information content (AvgIpc) is 2.45. The van der Waals surface area contributed by atoms with Crippen molar-refractivity contribution in [1.29, 1.82) is 0 Å². The molecular weight excluding hydrogens is 371 g/mol. The van der Waals surface area contributed by atoms with Gasteiger partial charge in [0, 0.05) is 0 Å². The monoisotopic (exact) mass is 392 g/mol. The molecule has 5 nitrogen and oxygen atoms in total. The molecule has 2 aromatic carbocycles. The van der Waals surface area contributed by atoms with E-state index in [9.17, 15) is 8.42 Å². The highest BCUT2D eigenvalue weighted by Crippen LogP contribution is 2.31. The van der Waals surface area contributed by atoms with Gasteiger partial charge in [-0.1, -0.05) is 41.4 Å². The molecule has 24 heavy (non-hydrogen) atoms. The fraction of sp³-hybridized carbons (Fsp3) is 0.250. The highest BCUT2D eigenvalue weighted by molar-refractivity contribution is 7.85. The van der Waals surface area contributed by atoms with Crippen molar-refractivity contribution >= 4 is 44.7 Å². The van der Waals surface area contributed by atoms with Gasteiger partial charge in [-0.3, -0.25) is 4.55 Å². The van der Waals surface area contributed by atoms with E-state index in [0.29, 0.717) is 27.7 Å². The topological polar surface area (TPSA) is 106 Å². The van der Waals surface area contributed by atoms with Crippen LogP contribution in [-0.4, -0.2) is 19.2 Å². The molecule has 5 N–H and O–H groups in total. The van der Waals surface area contributed by atoms with Crippen molar-refractivity contribution in [1.82, 2.24) is 0 Å². The van der Waals surface area contributed by atoms with Gasteiger partial charge in [-0.25, -0.2) is 0 Å². The number of hydrogen-bond donors (Lipinski definition) is 3. The fourth-order valence-corrected chi connectivity index (χ4v) is 1.82. The van der Waals surface area contributed by atoms with E-state index in [0.717, 1.165) is 0 Å². The van der Waals surface area contributed by atoms with Crippen molar-refractivity contribution in [3.63, 3.8) is 0 Å². The van der Waals surface area contributed by atoms with Crippen molar-refractivity contribution in [2.75, 3.05) is 17.7 Å². The summed E-state index contributed by atoms with van der Waals surface area (Å²) >= 11 is 11.3. The Kier molecular flexibility index (Phi) is 9.14. The maximum absolute atomic E-state index is 9.19. The minimum Gasteiger partial charge on any atom is -0.397 e. The van der Waals surface area contributed by atoms with Gasteiger partial charge < -0.3 is 11.5 Å². The molecule has 0 amide bonds. The SMILES string of the molecule is CS(=O)(=O)O.Cc1cccc(C)c1C.Nc1ccc(Cl)c(Cl)c1N. The van der Waals surface area contributed by atoms with E-state index in [1.807, 2.05) is 0 Å². The molecule has 0 bridgehead atoms.